The molecule has 0 saturated carbocycles. The lowest BCUT2D eigenvalue weighted by Crippen LogP contribution is -2.41. The molecule has 3 rings (SSSR count). The standard InChI is InChI=1S/C21H21N3O4S/c1-29(27,28)24-19(21(25)26)13-15-8-10-16(11-9-15)17-5-4-6-18(14-17)23-20-7-2-3-12-22-20/h2-12,14,19,24H,13H2,1H3,(H,22,23)(H,25,26). The van der Waals surface area contributed by atoms with Gasteiger partial charge in [-0.1, -0.05) is 42.5 Å². The summed E-state index contributed by atoms with van der Waals surface area (Å²) in [6.45, 7) is 0. The Morgan fingerprint density at radius 1 is 1.03 bits per heavy atom. The Kier molecular flexibility index (Phi) is 6.26. The van der Waals surface area contributed by atoms with Gasteiger partial charge in [-0.3, -0.25) is 4.79 Å². The summed E-state index contributed by atoms with van der Waals surface area (Å²) >= 11 is 0. The van der Waals surface area contributed by atoms with Gasteiger partial charge in [-0.05, 0) is 47.4 Å². The molecule has 1 unspecified atom stereocenters. The van der Waals surface area contributed by atoms with E-state index in [9.17, 15) is 18.3 Å². The topological polar surface area (TPSA) is 108 Å². The first-order valence-electron chi connectivity index (χ1n) is 8.88. The van der Waals surface area contributed by atoms with Crippen molar-refractivity contribution in [1.82, 2.24) is 9.71 Å². The molecule has 2 aromatic carbocycles. The largest absolute Gasteiger partial charge is 0.480 e. The Balaban J connectivity index is 1.74. The van der Waals surface area contributed by atoms with E-state index in [1.54, 1.807) is 18.3 Å². The first-order valence-corrected chi connectivity index (χ1v) is 10.8. The summed E-state index contributed by atoms with van der Waals surface area (Å²) in [5, 5.41) is 12.5. The third kappa shape index (κ3) is 6.13. The van der Waals surface area contributed by atoms with Crippen molar-refractivity contribution >= 4 is 27.5 Å². The number of aliphatic carboxylic acids is 1. The lowest BCUT2D eigenvalue weighted by atomic mass is 10.0. The van der Waals surface area contributed by atoms with E-state index in [2.05, 4.69) is 15.0 Å². The van der Waals surface area contributed by atoms with E-state index in [1.807, 2.05) is 54.6 Å². The Morgan fingerprint density at radius 3 is 2.41 bits per heavy atom. The van der Waals surface area contributed by atoms with Crippen molar-refractivity contribution < 1.29 is 18.3 Å². The molecule has 0 amide bonds. The Morgan fingerprint density at radius 2 is 1.79 bits per heavy atom. The van der Waals surface area contributed by atoms with Crippen molar-refractivity contribution in [3.63, 3.8) is 0 Å². The highest BCUT2D eigenvalue weighted by molar-refractivity contribution is 7.88. The second-order valence-corrected chi connectivity index (χ2v) is 8.38. The molecule has 0 aliphatic heterocycles. The number of nitrogens with zero attached hydrogens (tertiary/aromatic N) is 1. The summed E-state index contributed by atoms with van der Waals surface area (Å²) in [7, 11) is -3.61. The SMILES string of the molecule is CS(=O)(=O)NC(Cc1ccc(-c2cccc(Nc3ccccn3)c2)cc1)C(=O)O. The van der Waals surface area contributed by atoms with Crippen LogP contribution in [0.3, 0.4) is 0 Å². The molecular formula is C21H21N3O4S. The zero-order chi connectivity index (χ0) is 20.9. The van der Waals surface area contributed by atoms with E-state index < -0.39 is 22.0 Å². The Bertz CT molecular complexity index is 1080. The fourth-order valence-corrected chi connectivity index (χ4v) is 3.57. The summed E-state index contributed by atoms with van der Waals surface area (Å²) in [4.78, 5) is 15.6. The molecule has 0 fully saturated rings. The number of carboxylic acid groups (broad SMARTS) is 1. The van der Waals surface area contributed by atoms with Crippen molar-refractivity contribution in [2.24, 2.45) is 0 Å². The number of hydrogen-bond acceptors (Lipinski definition) is 5. The van der Waals surface area contributed by atoms with Crippen LogP contribution in [0.2, 0.25) is 0 Å². The second kappa shape index (κ2) is 8.85. The van der Waals surface area contributed by atoms with Crippen molar-refractivity contribution in [3.05, 3.63) is 78.5 Å². The van der Waals surface area contributed by atoms with E-state index >= 15 is 0 Å². The number of hydrogen-bond donors (Lipinski definition) is 3. The van der Waals surface area contributed by atoms with Gasteiger partial charge >= 0.3 is 5.97 Å². The predicted molar refractivity (Wildman–Crippen MR) is 113 cm³/mol. The van der Waals surface area contributed by atoms with E-state index in [4.69, 9.17) is 0 Å². The number of nitrogens with one attached hydrogen (secondary N) is 2. The minimum atomic E-state index is -3.61. The van der Waals surface area contributed by atoms with Crippen LogP contribution in [-0.2, 0) is 21.2 Å². The first-order chi connectivity index (χ1) is 13.8. The lowest BCUT2D eigenvalue weighted by Gasteiger charge is -2.13. The number of sulfonamides is 1. The predicted octanol–water partition coefficient (Wildman–Crippen LogP) is 3.04. The van der Waals surface area contributed by atoms with Crippen LogP contribution in [0.1, 0.15) is 5.56 Å². The number of carbonyl (C=O) groups is 1. The highest BCUT2D eigenvalue weighted by Gasteiger charge is 2.21. The molecule has 1 heterocycles. The minimum absolute atomic E-state index is 0.0595. The molecule has 0 saturated heterocycles. The molecule has 0 aliphatic carbocycles. The Hall–Kier alpha value is -3.23. The summed E-state index contributed by atoms with van der Waals surface area (Å²) in [5.74, 6) is -0.467. The molecule has 7 nitrogen and oxygen atoms in total. The third-order valence-electron chi connectivity index (χ3n) is 4.18. The van der Waals surface area contributed by atoms with Gasteiger partial charge in [0.2, 0.25) is 10.0 Å². The second-order valence-electron chi connectivity index (χ2n) is 6.60. The molecule has 8 heteroatoms. The van der Waals surface area contributed by atoms with Gasteiger partial charge in [-0.15, -0.1) is 0 Å². The summed E-state index contributed by atoms with van der Waals surface area (Å²) < 4.78 is 24.8. The Labute approximate surface area is 169 Å². The number of carboxylic acids is 1. The normalized spacial score (nSPS) is 12.3. The maximum atomic E-state index is 11.4. The van der Waals surface area contributed by atoms with Crippen molar-refractivity contribution in [1.29, 1.82) is 0 Å². The molecule has 0 bridgehead atoms. The van der Waals surface area contributed by atoms with Crippen LogP contribution in [0.25, 0.3) is 11.1 Å². The maximum Gasteiger partial charge on any atom is 0.322 e. The van der Waals surface area contributed by atoms with Crippen molar-refractivity contribution in [2.45, 2.75) is 12.5 Å². The van der Waals surface area contributed by atoms with Crippen LogP contribution in [0.5, 0.6) is 0 Å². The molecule has 0 spiro atoms. The molecule has 150 valence electrons. The zero-order valence-corrected chi connectivity index (χ0v) is 16.6. The molecule has 1 aromatic heterocycles. The minimum Gasteiger partial charge on any atom is -0.480 e. The van der Waals surface area contributed by atoms with E-state index in [1.165, 1.54) is 0 Å². The number of rotatable bonds is 8. The van der Waals surface area contributed by atoms with Crippen LogP contribution in [-0.4, -0.2) is 36.8 Å². The molecule has 1 atom stereocenters. The van der Waals surface area contributed by atoms with Gasteiger partial charge < -0.3 is 10.4 Å². The van der Waals surface area contributed by atoms with Gasteiger partial charge in [0.25, 0.3) is 0 Å². The van der Waals surface area contributed by atoms with Crippen molar-refractivity contribution in [3.8, 4) is 11.1 Å². The first kappa shape index (κ1) is 20.5. The molecule has 0 aliphatic rings. The number of benzene rings is 2. The molecule has 3 aromatic rings. The van der Waals surface area contributed by atoms with Gasteiger partial charge in [-0.25, -0.2) is 18.1 Å². The van der Waals surface area contributed by atoms with E-state index in [-0.39, 0.29) is 6.42 Å². The van der Waals surface area contributed by atoms with Gasteiger partial charge in [0.05, 0.1) is 6.26 Å². The quantitative estimate of drug-likeness (QED) is 0.526. The van der Waals surface area contributed by atoms with Crippen LogP contribution in [0, 0.1) is 0 Å². The molecule has 29 heavy (non-hydrogen) atoms. The van der Waals surface area contributed by atoms with Gasteiger partial charge in [-0.2, -0.15) is 0 Å². The molecule has 0 radical (unpaired) electrons. The highest BCUT2D eigenvalue weighted by atomic mass is 32.2. The number of pyridine rings is 1. The smallest absolute Gasteiger partial charge is 0.322 e. The van der Waals surface area contributed by atoms with Gasteiger partial charge in [0.1, 0.15) is 11.9 Å². The number of aromatic nitrogens is 1. The summed E-state index contributed by atoms with van der Waals surface area (Å²) in [6.07, 6.45) is 2.72. The van der Waals surface area contributed by atoms with Crippen LogP contribution in [0.15, 0.2) is 72.9 Å². The summed E-state index contributed by atoms with van der Waals surface area (Å²) in [5.41, 5.74) is 3.57. The fraction of sp³-hybridized carbons (Fsp3) is 0.143. The van der Waals surface area contributed by atoms with Crippen molar-refractivity contribution in [2.75, 3.05) is 11.6 Å². The van der Waals surface area contributed by atoms with Gasteiger partial charge in [0, 0.05) is 11.9 Å². The maximum absolute atomic E-state index is 11.4. The molecule has 3 N–H and O–H groups in total. The van der Waals surface area contributed by atoms with E-state index in [0.717, 1.165) is 34.5 Å². The van der Waals surface area contributed by atoms with Crippen LogP contribution >= 0.6 is 0 Å². The van der Waals surface area contributed by atoms with Crippen LogP contribution < -0.4 is 10.0 Å². The molecular weight excluding hydrogens is 390 g/mol. The highest BCUT2D eigenvalue weighted by Crippen LogP contribution is 2.25. The zero-order valence-electron chi connectivity index (χ0n) is 15.7. The average molecular weight is 411 g/mol. The van der Waals surface area contributed by atoms with E-state index in [0.29, 0.717) is 0 Å². The van der Waals surface area contributed by atoms with Crippen LogP contribution in [0.4, 0.5) is 11.5 Å². The van der Waals surface area contributed by atoms with Gasteiger partial charge in [0.15, 0.2) is 0 Å². The number of anilines is 2. The monoisotopic (exact) mass is 411 g/mol. The third-order valence-corrected chi connectivity index (χ3v) is 4.89. The lowest BCUT2D eigenvalue weighted by molar-refractivity contribution is -0.138. The summed E-state index contributed by atoms with van der Waals surface area (Å²) in [6, 6.07) is 19.6. The average Bonchev–Trinajstić information content (AvgIpc) is 2.68. The fourth-order valence-electron chi connectivity index (χ4n) is 2.87.